The third kappa shape index (κ3) is 6.15. The molecular formula is C20H31N3O6. The van der Waals surface area contributed by atoms with Gasteiger partial charge in [-0.25, -0.2) is 9.59 Å². The summed E-state index contributed by atoms with van der Waals surface area (Å²) in [5.41, 5.74) is 0.560. The number of nitrogens with one attached hydrogen (secondary N) is 1. The number of methoxy groups -OCH3 is 3. The summed E-state index contributed by atoms with van der Waals surface area (Å²) >= 11 is 0. The molecule has 2 rings (SSSR count). The van der Waals surface area contributed by atoms with Crippen molar-refractivity contribution in [3.63, 3.8) is 0 Å². The van der Waals surface area contributed by atoms with Gasteiger partial charge in [0.2, 0.25) is 0 Å². The Hall–Kier alpha value is -2.68. The minimum atomic E-state index is -0.304. The Morgan fingerprint density at radius 3 is 2.48 bits per heavy atom. The van der Waals surface area contributed by atoms with Gasteiger partial charge in [0.05, 0.1) is 33.1 Å². The van der Waals surface area contributed by atoms with E-state index in [0.29, 0.717) is 62.9 Å². The third-order valence-corrected chi connectivity index (χ3v) is 4.88. The summed E-state index contributed by atoms with van der Waals surface area (Å²) in [5, 5.41) is 2.92. The Morgan fingerprint density at radius 1 is 1.17 bits per heavy atom. The van der Waals surface area contributed by atoms with Gasteiger partial charge in [-0.1, -0.05) is 0 Å². The average Bonchev–Trinajstić information content (AvgIpc) is 2.74. The summed E-state index contributed by atoms with van der Waals surface area (Å²) in [7, 11) is 4.71. The summed E-state index contributed by atoms with van der Waals surface area (Å²) in [5.74, 6) is 1.16. The second-order valence-electron chi connectivity index (χ2n) is 6.60. The van der Waals surface area contributed by atoms with Gasteiger partial charge in [-0.05, 0) is 31.9 Å². The minimum Gasteiger partial charge on any atom is -0.497 e. The van der Waals surface area contributed by atoms with Crippen LogP contribution in [0.25, 0.3) is 0 Å². The van der Waals surface area contributed by atoms with Crippen molar-refractivity contribution in [1.29, 1.82) is 0 Å². The van der Waals surface area contributed by atoms with E-state index in [2.05, 4.69) is 5.32 Å². The van der Waals surface area contributed by atoms with Crippen LogP contribution in [0.15, 0.2) is 18.2 Å². The molecule has 1 heterocycles. The Labute approximate surface area is 171 Å². The number of carbonyl (C=O) groups excluding carboxylic acids is 2. The normalized spacial score (nSPS) is 14.3. The van der Waals surface area contributed by atoms with Crippen molar-refractivity contribution in [2.45, 2.75) is 25.8 Å². The molecule has 0 saturated carbocycles. The molecule has 29 heavy (non-hydrogen) atoms. The molecular weight excluding hydrogens is 378 g/mol. The van der Waals surface area contributed by atoms with Crippen LogP contribution in [0.1, 0.15) is 19.8 Å². The topological polar surface area (TPSA) is 89.6 Å². The number of hydrogen-bond acceptors (Lipinski definition) is 6. The van der Waals surface area contributed by atoms with Gasteiger partial charge >= 0.3 is 12.1 Å². The summed E-state index contributed by atoms with van der Waals surface area (Å²) in [6.07, 6.45) is 1.05. The zero-order chi connectivity index (χ0) is 21.2. The van der Waals surface area contributed by atoms with Crippen molar-refractivity contribution in [2.24, 2.45) is 0 Å². The maximum atomic E-state index is 13.0. The molecule has 0 radical (unpaired) electrons. The lowest BCUT2D eigenvalue weighted by Crippen LogP contribution is -2.51. The first-order valence-electron chi connectivity index (χ1n) is 9.74. The molecule has 1 fully saturated rings. The number of urea groups is 1. The third-order valence-electron chi connectivity index (χ3n) is 4.88. The minimum absolute atomic E-state index is 0.0000646. The molecule has 3 amide bonds. The van der Waals surface area contributed by atoms with Crippen molar-refractivity contribution in [2.75, 3.05) is 59.5 Å². The monoisotopic (exact) mass is 409 g/mol. The summed E-state index contributed by atoms with van der Waals surface area (Å²) in [6, 6.07) is 4.98. The predicted octanol–water partition coefficient (Wildman–Crippen LogP) is 2.81. The van der Waals surface area contributed by atoms with Crippen molar-refractivity contribution >= 4 is 17.8 Å². The zero-order valence-corrected chi connectivity index (χ0v) is 17.6. The maximum absolute atomic E-state index is 13.0. The van der Waals surface area contributed by atoms with E-state index < -0.39 is 0 Å². The fraction of sp³-hybridized carbons (Fsp3) is 0.600. The van der Waals surface area contributed by atoms with Gasteiger partial charge in [0.15, 0.2) is 0 Å². The van der Waals surface area contributed by atoms with Crippen LogP contribution in [-0.2, 0) is 9.47 Å². The van der Waals surface area contributed by atoms with E-state index >= 15 is 0 Å². The second kappa shape index (κ2) is 11.4. The molecule has 0 aromatic heterocycles. The van der Waals surface area contributed by atoms with Crippen LogP contribution >= 0.6 is 0 Å². The molecule has 9 heteroatoms. The number of ether oxygens (including phenoxy) is 4. The van der Waals surface area contributed by atoms with Crippen molar-refractivity contribution in [3.8, 4) is 11.5 Å². The molecule has 9 nitrogen and oxygen atoms in total. The molecule has 0 aliphatic carbocycles. The molecule has 0 unspecified atom stereocenters. The van der Waals surface area contributed by atoms with Crippen LogP contribution in [0, 0.1) is 0 Å². The fourth-order valence-electron chi connectivity index (χ4n) is 3.30. The van der Waals surface area contributed by atoms with Crippen LogP contribution < -0.4 is 14.8 Å². The van der Waals surface area contributed by atoms with Gasteiger partial charge < -0.3 is 34.1 Å². The molecule has 1 saturated heterocycles. The van der Waals surface area contributed by atoms with Crippen molar-refractivity contribution in [1.82, 2.24) is 9.80 Å². The van der Waals surface area contributed by atoms with Gasteiger partial charge in [-0.15, -0.1) is 0 Å². The molecule has 1 N–H and O–H groups in total. The predicted molar refractivity (Wildman–Crippen MR) is 109 cm³/mol. The molecule has 0 bridgehead atoms. The molecule has 162 valence electrons. The highest BCUT2D eigenvalue weighted by atomic mass is 16.6. The summed E-state index contributed by atoms with van der Waals surface area (Å²) in [4.78, 5) is 28.4. The van der Waals surface area contributed by atoms with E-state index in [0.717, 1.165) is 0 Å². The van der Waals surface area contributed by atoms with E-state index in [4.69, 9.17) is 18.9 Å². The van der Waals surface area contributed by atoms with Gasteiger partial charge in [0, 0.05) is 38.9 Å². The van der Waals surface area contributed by atoms with Crippen LogP contribution in [0.4, 0.5) is 15.3 Å². The van der Waals surface area contributed by atoms with E-state index in [1.54, 1.807) is 49.1 Å². The average molecular weight is 409 g/mol. The smallest absolute Gasteiger partial charge is 0.409 e. The quantitative estimate of drug-likeness (QED) is 0.710. The highest BCUT2D eigenvalue weighted by molar-refractivity contribution is 5.91. The largest absolute Gasteiger partial charge is 0.497 e. The van der Waals surface area contributed by atoms with Crippen LogP contribution in [0.5, 0.6) is 11.5 Å². The lowest BCUT2D eigenvalue weighted by Gasteiger charge is -2.38. The van der Waals surface area contributed by atoms with E-state index in [9.17, 15) is 9.59 Å². The SMILES string of the molecule is CCOC(=O)N1CCC(N(CCOC)C(=O)Nc2ccc(OC)cc2OC)CC1. The Morgan fingerprint density at radius 2 is 1.90 bits per heavy atom. The molecule has 0 spiro atoms. The van der Waals surface area contributed by atoms with Crippen LogP contribution in [-0.4, -0.2) is 82.1 Å². The van der Waals surface area contributed by atoms with Crippen molar-refractivity contribution in [3.05, 3.63) is 18.2 Å². The van der Waals surface area contributed by atoms with E-state index in [1.807, 2.05) is 0 Å². The van der Waals surface area contributed by atoms with Gasteiger partial charge in [0.25, 0.3) is 0 Å². The first-order valence-corrected chi connectivity index (χ1v) is 9.74. The summed E-state index contributed by atoms with van der Waals surface area (Å²) < 4.78 is 20.8. The fourth-order valence-corrected chi connectivity index (χ4v) is 3.30. The van der Waals surface area contributed by atoms with Crippen LogP contribution in [0.2, 0.25) is 0 Å². The molecule has 1 aliphatic rings. The van der Waals surface area contributed by atoms with Crippen LogP contribution in [0.3, 0.4) is 0 Å². The highest BCUT2D eigenvalue weighted by Crippen LogP contribution is 2.29. The van der Waals surface area contributed by atoms with E-state index in [1.165, 1.54) is 7.11 Å². The Kier molecular flexibility index (Phi) is 8.85. The number of amides is 3. The zero-order valence-electron chi connectivity index (χ0n) is 17.6. The lowest BCUT2D eigenvalue weighted by atomic mass is 10.0. The first kappa shape index (κ1) is 22.6. The number of rotatable bonds is 8. The Balaban J connectivity index is 2.06. The van der Waals surface area contributed by atoms with E-state index in [-0.39, 0.29) is 18.2 Å². The number of piperidine rings is 1. The number of anilines is 1. The first-order chi connectivity index (χ1) is 14.0. The number of benzene rings is 1. The number of hydrogen-bond donors (Lipinski definition) is 1. The maximum Gasteiger partial charge on any atom is 0.409 e. The standard InChI is InChI=1S/C20H31N3O6/c1-5-29-20(25)22-10-8-15(9-11-22)23(12-13-26-2)19(24)21-17-7-6-16(27-3)14-18(17)28-4/h6-7,14-15H,5,8-13H2,1-4H3,(H,21,24). The van der Waals surface area contributed by atoms with Gasteiger partial charge in [0.1, 0.15) is 11.5 Å². The lowest BCUT2D eigenvalue weighted by molar-refractivity contribution is 0.0761. The second-order valence-corrected chi connectivity index (χ2v) is 6.60. The molecule has 1 aromatic carbocycles. The summed E-state index contributed by atoms with van der Waals surface area (Å²) in [6.45, 7) is 4.11. The molecule has 1 aliphatic heterocycles. The number of nitrogens with zero attached hydrogens (tertiary/aromatic N) is 2. The highest BCUT2D eigenvalue weighted by Gasteiger charge is 2.30. The number of likely N-dealkylation sites (tertiary alicyclic amines) is 1. The van der Waals surface area contributed by atoms with Crippen molar-refractivity contribution < 1.29 is 28.5 Å². The Bertz CT molecular complexity index is 676. The van der Waals surface area contributed by atoms with Gasteiger partial charge in [-0.2, -0.15) is 0 Å². The molecule has 0 atom stereocenters. The van der Waals surface area contributed by atoms with Gasteiger partial charge in [-0.3, -0.25) is 0 Å². The molecule has 1 aromatic rings. The number of carbonyl (C=O) groups is 2.